The summed E-state index contributed by atoms with van der Waals surface area (Å²) in [7, 11) is 0. The first-order chi connectivity index (χ1) is 15.9. The van der Waals surface area contributed by atoms with Crippen LogP contribution in [0.2, 0.25) is 5.02 Å². The Bertz CT molecular complexity index is 989. The van der Waals surface area contributed by atoms with Crippen LogP contribution in [0.15, 0.2) is 42.5 Å². The molecule has 0 radical (unpaired) electrons. The second kappa shape index (κ2) is 10.4. The third kappa shape index (κ3) is 5.57. The summed E-state index contributed by atoms with van der Waals surface area (Å²) in [5, 5.41) is 11.9. The lowest BCUT2D eigenvalue weighted by Crippen LogP contribution is -2.50. The van der Waals surface area contributed by atoms with Crippen molar-refractivity contribution < 1.29 is 28.6 Å². The van der Waals surface area contributed by atoms with Crippen LogP contribution in [0.25, 0.3) is 0 Å². The van der Waals surface area contributed by atoms with Crippen molar-refractivity contribution in [1.82, 2.24) is 10.2 Å². The smallest absolute Gasteiger partial charge is 0.261 e. The van der Waals surface area contributed by atoms with Crippen LogP contribution in [-0.4, -0.2) is 59.8 Å². The zero-order chi connectivity index (χ0) is 23.4. The summed E-state index contributed by atoms with van der Waals surface area (Å²) < 4.78 is 24.9. The standard InChI is InChI=1S/C24H26ClFN2O5/c25-15-1-8-22(21(11-15)24(31)27-9-10-29)32-14-23(30)28-17-4-5-18(28)13-20(12-17)33-19-6-2-16(26)3-7-19/h1-3,6-8,11,17-18,20,29H,4-5,9-10,12-14H2,(H,27,31)/t17-,18+,20?. The topological polar surface area (TPSA) is 88.1 Å². The quantitative estimate of drug-likeness (QED) is 0.611. The number of nitrogens with zero attached hydrogens (tertiary/aromatic N) is 1. The fourth-order valence-corrected chi connectivity index (χ4v) is 4.79. The summed E-state index contributed by atoms with van der Waals surface area (Å²) in [6.45, 7) is -0.287. The largest absolute Gasteiger partial charge is 0.490 e. The van der Waals surface area contributed by atoms with Crippen LogP contribution in [0.5, 0.6) is 11.5 Å². The molecule has 2 aliphatic rings. The van der Waals surface area contributed by atoms with Gasteiger partial charge < -0.3 is 24.8 Å². The Balaban J connectivity index is 1.36. The van der Waals surface area contributed by atoms with Gasteiger partial charge in [0, 0.05) is 36.5 Å². The molecule has 0 aromatic heterocycles. The molecule has 7 nitrogen and oxygen atoms in total. The number of carbonyl (C=O) groups excluding carboxylic acids is 2. The molecule has 176 valence electrons. The van der Waals surface area contributed by atoms with E-state index >= 15 is 0 Å². The van der Waals surface area contributed by atoms with Gasteiger partial charge in [-0.2, -0.15) is 0 Å². The molecule has 2 saturated heterocycles. The average Bonchev–Trinajstić information content (AvgIpc) is 3.08. The number of amides is 2. The highest BCUT2D eigenvalue weighted by molar-refractivity contribution is 6.31. The van der Waals surface area contributed by atoms with Crippen LogP contribution >= 0.6 is 11.6 Å². The van der Waals surface area contributed by atoms with Crippen LogP contribution in [0, 0.1) is 5.82 Å². The van der Waals surface area contributed by atoms with Crippen molar-refractivity contribution in [1.29, 1.82) is 0 Å². The third-order valence-corrected chi connectivity index (χ3v) is 6.26. The Morgan fingerprint density at radius 2 is 1.82 bits per heavy atom. The van der Waals surface area contributed by atoms with Gasteiger partial charge in [-0.1, -0.05) is 11.6 Å². The van der Waals surface area contributed by atoms with Gasteiger partial charge in [-0.15, -0.1) is 0 Å². The van der Waals surface area contributed by atoms with Crippen LogP contribution in [0.3, 0.4) is 0 Å². The summed E-state index contributed by atoms with van der Waals surface area (Å²) in [4.78, 5) is 27.2. The number of nitrogens with one attached hydrogen (secondary N) is 1. The summed E-state index contributed by atoms with van der Waals surface area (Å²) in [5.41, 5.74) is 0.207. The van der Waals surface area contributed by atoms with Crippen molar-refractivity contribution >= 4 is 23.4 Å². The molecule has 3 atom stereocenters. The Morgan fingerprint density at radius 1 is 1.12 bits per heavy atom. The number of fused-ring (bicyclic) bond motifs is 2. The number of ether oxygens (including phenoxy) is 2. The minimum absolute atomic E-state index is 0.0315. The van der Waals surface area contributed by atoms with Gasteiger partial charge in [0.05, 0.1) is 12.2 Å². The molecule has 2 aromatic carbocycles. The third-order valence-electron chi connectivity index (χ3n) is 6.03. The van der Waals surface area contributed by atoms with Gasteiger partial charge in [0.25, 0.3) is 11.8 Å². The van der Waals surface area contributed by atoms with E-state index in [2.05, 4.69) is 5.32 Å². The lowest BCUT2D eigenvalue weighted by molar-refractivity contribution is -0.139. The molecular formula is C24H26ClFN2O5. The van der Waals surface area contributed by atoms with E-state index in [1.54, 1.807) is 24.3 Å². The molecular weight excluding hydrogens is 451 g/mol. The lowest BCUT2D eigenvalue weighted by atomic mass is 9.99. The summed E-state index contributed by atoms with van der Waals surface area (Å²) >= 11 is 6.01. The molecule has 0 aliphatic carbocycles. The molecule has 2 N–H and O–H groups in total. The molecule has 2 amide bonds. The molecule has 2 heterocycles. The normalized spacial score (nSPS) is 21.5. The average molecular weight is 477 g/mol. The van der Waals surface area contributed by atoms with Crippen molar-refractivity contribution in [3.8, 4) is 11.5 Å². The molecule has 2 aliphatic heterocycles. The summed E-state index contributed by atoms with van der Waals surface area (Å²) in [6, 6.07) is 10.7. The highest BCUT2D eigenvalue weighted by atomic mass is 35.5. The maximum Gasteiger partial charge on any atom is 0.261 e. The molecule has 33 heavy (non-hydrogen) atoms. The zero-order valence-electron chi connectivity index (χ0n) is 18.0. The van der Waals surface area contributed by atoms with Crippen molar-refractivity contribution in [2.75, 3.05) is 19.8 Å². The minimum atomic E-state index is -0.437. The van der Waals surface area contributed by atoms with Crippen molar-refractivity contribution in [2.24, 2.45) is 0 Å². The molecule has 1 unspecified atom stereocenters. The van der Waals surface area contributed by atoms with Gasteiger partial charge in [0.2, 0.25) is 0 Å². The second-order valence-corrected chi connectivity index (χ2v) is 8.70. The van der Waals surface area contributed by atoms with Crippen LogP contribution in [-0.2, 0) is 4.79 Å². The van der Waals surface area contributed by atoms with Crippen LogP contribution in [0.4, 0.5) is 4.39 Å². The van der Waals surface area contributed by atoms with E-state index in [1.807, 2.05) is 4.90 Å². The Kier molecular flexibility index (Phi) is 7.35. The van der Waals surface area contributed by atoms with Gasteiger partial charge in [0.1, 0.15) is 23.4 Å². The predicted molar refractivity (Wildman–Crippen MR) is 120 cm³/mol. The van der Waals surface area contributed by atoms with E-state index < -0.39 is 5.91 Å². The summed E-state index contributed by atoms with van der Waals surface area (Å²) in [5.74, 6) is -0.00602. The fourth-order valence-electron chi connectivity index (χ4n) is 4.62. The Morgan fingerprint density at radius 3 is 2.48 bits per heavy atom. The molecule has 0 saturated carbocycles. The van der Waals surface area contributed by atoms with E-state index in [4.69, 9.17) is 26.2 Å². The minimum Gasteiger partial charge on any atom is -0.490 e. The number of halogens is 2. The first-order valence-electron chi connectivity index (χ1n) is 11.0. The predicted octanol–water partition coefficient (Wildman–Crippen LogP) is 3.18. The number of rotatable bonds is 8. The van der Waals surface area contributed by atoms with E-state index in [1.165, 1.54) is 18.2 Å². The number of hydrogen-bond acceptors (Lipinski definition) is 5. The van der Waals surface area contributed by atoms with E-state index in [-0.39, 0.29) is 61.0 Å². The van der Waals surface area contributed by atoms with Crippen molar-refractivity contribution in [3.63, 3.8) is 0 Å². The van der Waals surface area contributed by atoms with Gasteiger partial charge in [-0.05, 0) is 55.3 Å². The van der Waals surface area contributed by atoms with Gasteiger partial charge in [0.15, 0.2) is 6.61 Å². The number of benzene rings is 2. The number of aliphatic hydroxyl groups excluding tert-OH is 1. The molecule has 2 bridgehead atoms. The molecule has 9 heteroatoms. The monoisotopic (exact) mass is 476 g/mol. The highest BCUT2D eigenvalue weighted by Gasteiger charge is 2.44. The first kappa shape index (κ1) is 23.3. The number of aliphatic hydroxyl groups is 1. The van der Waals surface area contributed by atoms with Crippen LogP contribution in [0.1, 0.15) is 36.0 Å². The maximum atomic E-state index is 13.1. The maximum absolute atomic E-state index is 13.1. The van der Waals surface area contributed by atoms with Crippen LogP contribution < -0.4 is 14.8 Å². The van der Waals surface area contributed by atoms with Crippen molar-refractivity contribution in [2.45, 2.75) is 43.9 Å². The molecule has 4 rings (SSSR count). The number of piperidine rings is 1. The Labute approximate surface area is 196 Å². The SMILES string of the molecule is O=C(NCCO)c1cc(Cl)ccc1OCC(=O)N1[C@@H]2CC[C@H]1CC(Oc1ccc(F)cc1)C2. The lowest BCUT2D eigenvalue weighted by Gasteiger charge is -2.38. The second-order valence-electron chi connectivity index (χ2n) is 8.26. The number of carbonyl (C=O) groups is 2. The van der Waals surface area contributed by atoms with E-state index in [0.29, 0.717) is 23.6 Å². The Hall–Kier alpha value is -2.84. The molecule has 2 aromatic rings. The van der Waals surface area contributed by atoms with Gasteiger partial charge in [-0.3, -0.25) is 9.59 Å². The molecule has 2 fully saturated rings. The number of hydrogen-bond donors (Lipinski definition) is 2. The fraction of sp³-hybridized carbons (Fsp3) is 0.417. The van der Waals surface area contributed by atoms with Gasteiger partial charge >= 0.3 is 0 Å². The first-order valence-corrected chi connectivity index (χ1v) is 11.4. The van der Waals surface area contributed by atoms with Crippen molar-refractivity contribution in [3.05, 3.63) is 58.9 Å². The summed E-state index contributed by atoms with van der Waals surface area (Å²) in [6.07, 6.45) is 3.17. The highest BCUT2D eigenvalue weighted by Crippen LogP contribution is 2.37. The van der Waals surface area contributed by atoms with E-state index in [9.17, 15) is 14.0 Å². The molecule has 0 spiro atoms. The zero-order valence-corrected chi connectivity index (χ0v) is 18.8. The van der Waals surface area contributed by atoms with Gasteiger partial charge in [-0.25, -0.2) is 4.39 Å². The van der Waals surface area contributed by atoms with E-state index in [0.717, 1.165) is 12.8 Å².